The Hall–Kier alpha value is -0.120. The van der Waals surface area contributed by atoms with Crippen molar-refractivity contribution in [3.8, 4) is 0 Å². The van der Waals surface area contributed by atoms with Gasteiger partial charge in [-0.15, -0.1) is 0 Å². The van der Waals surface area contributed by atoms with E-state index in [0.717, 1.165) is 32.2 Å². The average molecular weight is 230 g/mol. The van der Waals surface area contributed by atoms with Crippen LogP contribution in [0.25, 0.3) is 0 Å². The molecule has 2 aliphatic rings. The molecule has 0 bridgehead atoms. The first kappa shape index (κ1) is 15.9. The molecule has 98 valence electrons. The van der Waals surface area contributed by atoms with Gasteiger partial charge < -0.3 is 10.9 Å². The summed E-state index contributed by atoms with van der Waals surface area (Å²) in [5.41, 5.74) is 0. The number of morpholine rings is 1. The minimum atomic E-state index is 0. The van der Waals surface area contributed by atoms with Gasteiger partial charge in [0, 0.05) is 19.6 Å². The summed E-state index contributed by atoms with van der Waals surface area (Å²) in [6, 6.07) is 0. The number of ether oxygens (including phenoxy) is 1. The number of nitrogens with zero attached hydrogens (tertiary/aromatic N) is 1. The van der Waals surface area contributed by atoms with Crippen LogP contribution in [0, 0.1) is 5.92 Å². The Morgan fingerprint density at radius 1 is 1.00 bits per heavy atom. The Kier molecular flexibility index (Phi) is 9.99. The molecule has 0 aromatic rings. The first-order chi connectivity index (χ1) is 7.45. The molecule has 3 heteroatoms. The van der Waals surface area contributed by atoms with E-state index in [1.165, 1.54) is 38.6 Å². The van der Waals surface area contributed by atoms with Crippen LogP contribution < -0.4 is 6.15 Å². The molecule has 3 nitrogen and oxygen atoms in total. The quantitative estimate of drug-likeness (QED) is 0.793. The van der Waals surface area contributed by atoms with Gasteiger partial charge in [0.25, 0.3) is 0 Å². The molecule has 2 rings (SSSR count). The second-order valence-electron chi connectivity index (χ2n) is 4.42. The van der Waals surface area contributed by atoms with E-state index in [-0.39, 0.29) is 6.15 Å². The fraction of sp³-hybridized carbons (Fsp3) is 1.00. The Morgan fingerprint density at radius 2 is 1.56 bits per heavy atom. The van der Waals surface area contributed by atoms with E-state index in [2.05, 4.69) is 4.90 Å². The van der Waals surface area contributed by atoms with Crippen LogP contribution in [-0.4, -0.2) is 37.7 Å². The first-order valence-electron chi connectivity index (χ1n) is 6.75. The number of hydrogen-bond donors (Lipinski definition) is 1. The smallest absolute Gasteiger partial charge is 0.0594 e. The van der Waals surface area contributed by atoms with Gasteiger partial charge in [-0.25, -0.2) is 0 Å². The van der Waals surface area contributed by atoms with Crippen molar-refractivity contribution in [1.29, 1.82) is 0 Å². The maximum Gasteiger partial charge on any atom is 0.0594 e. The van der Waals surface area contributed by atoms with E-state index in [0.29, 0.717) is 0 Å². The second-order valence-corrected chi connectivity index (χ2v) is 4.42. The Morgan fingerprint density at radius 3 is 2.12 bits per heavy atom. The zero-order valence-corrected chi connectivity index (χ0v) is 11.2. The van der Waals surface area contributed by atoms with Gasteiger partial charge in [0.15, 0.2) is 0 Å². The average Bonchev–Trinajstić information content (AvgIpc) is 2.34. The van der Waals surface area contributed by atoms with Crippen LogP contribution in [-0.2, 0) is 4.74 Å². The molecule has 0 atom stereocenters. The first-order valence-corrected chi connectivity index (χ1v) is 6.75. The third kappa shape index (κ3) is 5.83. The number of rotatable bonds is 2. The third-order valence-corrected chi connectivity index (χ3v) is 3.34. The minimum Gasteiger partial charge on any atom is -0.379 e. The van der Waals surface area contributed by atoms with E-state index in [1.807, 2.05) is 13.8 Å². The summed E-state index contributed by atoms with van der Waals surface area (Å²) in [6.45, 7) is 9.57. The van der Waals surface area contributed by atoms with Crippen LogP contribution >= 0.6 is 0 Å². The van der Waals surface area contributed by atoms with Crippen LogP contribution in [0.3, 0.4) is 0 Å². The molecule has 0 aromatic carbocycles. The lowest BCUT2D eigenvalue weighted by Gasteiger charge is -2.32. The van der Waals surface area contributed by atoms with Gasteiger partial charge in [0.2, 0.25) is 0 Å². The predicted octanol–water partition coefficient (Wildman–Crippen LogP) is 3.09. The Labute approximate surface area is 101 Å². The van der Waals surface area contributed by atoms with Crippen molar-refractivity contribution in [2.75, 3.05) is 32.8 Å². The van der Waals surface area contributed by atoms with Crippen molar-refractivity contribution < 1.29 is 4.74 Å². The molecular weight excluding hydrogens is 200 g/mol. The van der Waals surface area contributed by atoms with Gasteiger partial charge in [0.1, 0.15) is 0 Å². The highest BCUT2D eigenvalue weighted by Crippen LogP contribution is 2.24. The summed E-state index contributed by atoms with van der Waals surface area (Å²) >= 11 is 0. The van der Waals surface area contributed by atoms with Crippen molar-refractivity contribution in [2.24, 2.45) is 5.92 Å². The van der Waals surface area contributed by atoms with Crippen molar-refractivity contribution >= 4 is 0 Å². The SMILES string of the molecule is C1CCC(CN2CCOCC2)CC1.CC.N. The van der Waals surface area contributed by atoms with E-state index in [9.17, 15) is 0 Å². The molecule has 0 spiro atoms. The molecule has 1 saturated carbocycles. The summed E-state index contributed by atoms with van der Waals surface area (Å²) in [7, 11) is 0. The molecular formula is C13H30N2O. The van der Waals surface area contributed by atoms with E-state index < -0.39 is 0 Å². The Bertz CT molecular complexity index is 125. The summed E-state index contributed by atoms with van der Waals surface area (Å²) in [4.78, 5) is 2.58. The fourth-order valence-electron chi connectivity index (χ4n) is 2.52. The lowest BCUT2D eigenvalue weighted by molar-refractivity contribution is 0.0278. The van der Waals surface area contributed by atoms with E-state index in [4.69, 9.17) is 4.74 Å². The summed E-state index contributed by atoms with van der Waals surface area (Å²) < 4.78 is 5.35. The third-order valence-electron chi connectivity index (χ3n) is 3.34. The van der Waals surface area contributed by atoms with E-state index >= 15 is 0 Å². The Balaban J connectivity index is 0.000000711. The maximum absolute atomic E-state index is 5.35. The molecule has 16 heavy (non-hydrogen) atoms. The van der Waals surface area contributed by atoms with Gasteiger partial charge in [-0.05, 0) is 18.8 Å². The molecule has 0 amide bonds. The predicted molar refractivity (Wildman–Crippen MR) is 70.2 cm³/mol. The van der Waals surface area contributed by atoms with Crippen LogP contribution in [0.2, 0.25) is 0 Å². The maximum atomic E-state index is 5.35. The topological polar surface area (TPSA) is 47.5 Å². The van der Waals surface area contributed by atoms with Crippen molar-refractivity contribution in [3.63, 3.8) is 0 Å². The lowest BCUT2D eigenvalue weighted by Crippen LogP contribution is -2.39. The van der Waals surface area contributed by atoms with Crippen molar-refractivity contribution in [1.82, 2.24) is 11.1 Å². The van der Waals surface area contributed by atoms with Crippen LogP contribution in [0.15, 0.2) is 0 Å². The standard InChI is InChI=1S/C11H21NO.C2H6.H3N/c1-2-4-11(5-3-1)10-12-6-8-13-9-7-12;1-2;/h11H,1-10H2;1-2H3;1H3. The fourth-order valence-corrected chi connectivity index (χ4v) is 2.52. The zero-order valence-electron chi connectivity index (χ0n) is 11.2. The second kappa shape index (κ2) is 10.1. The molecule has 1 aliphatic carbocycles. The van der Waals surface area contributed by atoms with E-state index in [1.54, 1.807) is 0 Å². The van der Waals surface area contributed by atoms with Crippen LogP contribution in [0.1, 0.15) is 46.0 Å². The summed E-state index contributed by atoms with van der Waals surface area (Å²) in [5.74, 6) is 0.992. The summed E-state index contributed by atoms with van der Waals surface area (Å²) in [5, 5.41) is 0. The normalized spacial score (nSPS) is 22.9. The van der Waals surface area contributed by atoms with Crippen LogP contribution in [0.5, 0.6) is 0 Å². The van der Waals surface area contributed by atoms with Gasteiger partial charge in [-0.2, -0.15) is 0 Å². The van der Waals surface area contributed by atoms with Crippen molar-refractivity contribution in [2.45, 2.75) is 46.0 Å². The molecule has 2 fully saturated rings. The van der Waals surface area contributed by atoms with Crippen LogP contribution in [0.4, 0.5) is 0 Å². The molecule has 1 saturated heterocycles. The molecule has 3 N–H and O–H groups in total. The highest BCUT2D eigenvalue weighted by molar-refractivity contribution is 4.71. The summed E-state index contributed by atoms with van der Waals surface area (Å²) in [6.07, 6.45) is 7.35. The molecule has 0 aromatic heterocycles. The van der Waals surface area contributed by atoms with Crippen molar-refractivity contribution in [3.05, 3.63) is 0 Å². The molecule has 1 heterocycles. The van der Waals surface area contributed by atoms with Gasteiger partial charge >= 0.3 is 0 Å². The minimum absolute atomic E-state index is 0. The number of hydrogen-bond acceptors (Lipinski definition) is 3. The molecule has 1 aliphatic heterocycles. The lowest BCUT2D eigenvalue weighted by atomic mass is 9.89. The molecule has 0 unspecified atom stereocenters. The molecule has 0 radical (unpaired) electrons. The highest BCUT2D eigenvalue weighted by atomic mass is 16.5. The van der Waals surface area contributed by atoms with Gasteiger partial charge in [0.05, 0.1) is 13.2 Å². The van der Waals surface area contributed by atoms with Gasteiger partial charge in [-0.3, -0.25) is 4.90 Å². The monoisotopic (exact) mass is 230 g/mol. The largest absolute Gasteiger partial charge is 0.379 e. The highest BCUT2D eigenvalue weighted by Gasteiger charge is 2.18. The zero-order chi connectivity index (χ0) is 10.9. The van der Waals surface area contributed by atoms with Gasteiger partial charge in [-0.1, -0.05) is 33.1 Å².